The number of rotatable bonds is 1. The summed E-state index contributed by atoms with van der Waals surface area (Å²) >= 11 is 0. The van der Waals surface area contributed by atoms with Crippen molar-refractivity contribution >= 4 is 10.8 Å². The van der Waals surface area contributed by atoms with Gasteiger partial charge in [0.2, 0.25) is 0 Å². The first-order valence-corrected chi connectivity index (χ1v) is 7.06. The van der Waals surface area contributed by atoms with Gasteiger partial charge in [0, 0.05) is 0 Å². The molecule has 0 aliphatic rings. The van der Waals surface area contributed by atoms with Gasteiger partial charge in [-0.3, -0.25) is 0 Å². The largest absolute Gasteiger partial charge is 0.0616 e. The lowest BCUT2D eigenvalue weighted by Crippen LogP contribution is -2.10. The Labute approximate surface area is 121 Å². The Hall–Kier alpha value is -2.08. The first-order valence-electron chi connectivity index (χ1n) is 7.06. The van der Waals surface area contributed by atoms with Crippen LogP contribution in [0, 0.1) is 6.07 Å². The van der Waals surface area contributed by atoms with E-state index < -0.39 is 0 Å². The molecule has 1 radical (unpaired) electrons. The fraction of sp³-hybridized carbons (Fsp3) is 0.200. The highest BCUT2D eigenvalue weighted by molar-refractivity contribution is 5.86. The third-order valence-electron chi connectivity index (χ3n) is 3.72. The molecule has 0 spiro atoms. The predicted molar refractivity (Wildman–Crippen MR) is 86.9 cm³/mol. The molecule has 0 saturated heterocycles. The number of hydrogen-bond donors (Lipinski definition) is 0. The van der Waals surface area contributed by atoms with Crippen LogP contribution in [0.15, 0.2) is 60.7 Å². The Balaban J connectivity index is 2.02. The molecule has 0 heteroatoms. The summed E-state index contributed by atoms with van der Waals surface area (Å²) in [5.41, 5.74) is 3.95. The number of fused-ring (bicyclic) bond motifs is 1. The summed E-state index contributed by atoms with van der Waals surface area (Å²) < 4.78 is 0. The van der Waals surface area contributed by atoms with Gasteiger partial charge < -0.3 is 0 Å². The number of benzene rings is 3. The topological polar surface area (TPSA) is 0 Å². The molecule has 0 amide bonds. The third-order valence-corrected chi connectivity index (χ3v) is 3.72. The molecule has 0 fully saturated rings. The molecular weight excluding hydrogens is 240 g/mol. The first-order chi connectivity index (χ1) is 9.54. The molecule has 3 rings (SSSR count). The molecule has 0 atom stereocenters. The summed E-state index contributed by atoms with van der Waals surface area (Å²) in [6, 6.07) is 25.0. The van der Waals surface area contributed by atoms with Crippen molar-refractivity contribution in [2.75, 3.05) is 0 Å². The van der Waals surface area contributed by atoms with Crippen LogP contribution >= 0.6 is 0 Å². The molecule has 3 aromatic rings. The van der Waals surface area contributed by atoms with Crippen molar-refractivity contribution in [3.8, 4) is 11.1 Å². The minimum atomic E-state index is 0.200. The molecule has 3 aromatic carbocycles. The summed E-state index contributed by atoms with van der Waals surface area (Å²) in [5, 5.41) is 2.41. The fourth-order valence-corrected chi connectivity index (χ4v) is 2.43. The SMILES string of the molecule is CC(C)(C)c1ccc(-c2[c]c3ccccc3cc2)cc1. The first kappa shape index (κ1) is 12.9. The molecule has 0 nitrogen and oxygen atoms in total. The Morgan fingerprint density at radius 1 is 0.750 bits per heavy atom. The van der Waals surface area contributed by atoms with Gasteiger partial charge >= 0.3 is 0 Å². The van der Waals surface area contributed by atoms with Crippen molar-refractivity contribution in [2.24, 2.45) is 0 Å². The summed E-state index contributed by atoms with van der Waals surface area (Å²) in [4.78, 5) is 0. The van der Waals surface area contributed by atoms with Crippen molar-refractivity contribution in [1.29, 1.82) is 0 Å². The molecule has 0 aromatic heterocycles. The Morgan fingerprint density at radius 3 is 2.15 bits per heavy atom. The molecular formula is C20H19. The second-order valence-electron chi connectivity index (χ2n) is 6.29. The van der Waals surface area contributed by atoms with Crippen LogP contribution in [0.25, 0.3) is 21.9 Å². The molecule has 0 N–H and O–H groups in total. The maximum atomic E-state index is 3.50. The molecule has 0 unspecified atom stereocenters. The lowest BCUT2D eigenvalue weighted by Gasteiger charge is -2.19. The minimum absolute atomic E-state index is 0.200. The van der Waals surface area contributed by atoms with Crippen molar-refractivity contribution < 1.29 is 0 Å². The zero-order valence-electron chi connectivity index (χ0n) is 12.3. The van der Waals surface area contributed by atoms with E-state index in [2.05, 4.69) is 87.5 Å². The highest BCUT2D eigenvalue weighted by atomic mass is 14.2. The number of hydrogen-bond acceptors (Lipinski definition) is 0. The van der Waals surface area contributed by atoms with Crippen molar-refractivity contribution in [1.82, 2.24) is 0 Å². The lowest BCUT2D eigenvalue weighted by atomic mass is 9.86. The fourth-order valence-electron chi connectivity index (χ4n) is 2.43. The molecule has 20 heavy (non-hydrogen) atoms. The van der Waals surface area contributed by atoms with Crippen LogP contribution in [0.4, 0.5) is 0 Å². The van der Waals surface area contributed by atoms with E-state index in [1.54, 1.807) is 0 Å². The Morgan fingerprint density at radius 2 is 1.45 bits per heavy atom. The van der Waals surface area contributed by atoms with Crippen molar-refractivity contribution in [3.05, 3.63) is 72.3 Å². The molecule has 0 bridgehead atoms. The van der Waals surface area contributed by atoms with Gasteiger partial charge in [0.25, 0.3) is 0 Å². The lowest BCUT2D eigenvalue weighted by molar-refractivity contribution is 0.590. The highest BCUT2D eigenvalue weighted by Crippen LogP contribution is 2.27. The van der Waals surface area contributed by atoms with E-state index in [4.69, 9.17) is 0 Å². The summed E-state index contributed by atoms with van der Waals surface area (Å²) in [5.74, 6) is 0. The van der Waals surface area contributed by atoms with Crippen molar-refractivity contribution in [2.45, 2.75) is 26.2 Å². The van der Waals surface area contributed by atoms with E-state index in [0.29, 0.717) is 0 Å². The predicted octanol–water partition coefficient (Wildman–Crippen LogP) is 5.60. The van der Waals surface area contributed by atoms with Crippen LogP contribution < -0.4 is 0 Å². The van der Waals surface area contributed by atoms with Gasteiger partial charge in [-0.05, 0) is 38.9 Å². The zero-order chi connectivity index (χ0) is 14.2. The van der Waals surface area contributed by atoms with E-state index in [9.17, 15) is 0 Å². The van der Waals surface area contributed by atoms with Crippen LogP contribution in [0.1, 0.15) is 26.3 Å². The molecule has 99 valence electrons. The zero-order valence-corrected chi connectivity index (χ0v) is 12.3. The minimum Gasteiger partial charge on any atom is -0.0616 e. The molecule has 0 saturated carbocycles. The standard InChI is InChI=1S/C20H19/c1-20(2,3)19-12-10-16(11-13-19)18-9-8-15-6-4-5-7-17(15)14-18/h4-13H,1-3H3. The second-order valence-corrected chi connectivity index (χ2v) is 6.29. The van der Waals surface area contributed by atoms with Crippen LogP contribution in [0.2, 0.25) is 0 Å². The summed E-state index contributed by atoms with van der Waals surface area (Å²) in [7, 11) is 0. The van der Waals surface area contributed by atoms with Gasteiger partial charge in [-0.25, -0.2) is 0 Å². The van der Waals surface area contributed by atoms with E-state index in [-0.39, 0.29) is 5.41 Å². The van der Waals surface area contributed by atoms with Gasteiger partial charge in [-0.2, -0.15) is 0 Å². The van der Waals surface area contributed by atoms with Gasteiger partial charge in [0.05, 0.1) is 0 Å². The van der Waals surface area contributed by atoms with E-state index in [1.807, 2.05) is 0 Å². The smallest absolute Gasteiger partial charge is 0.00143 e. The van der Waals surface area contributed by atoms with E-state index in [1.165, 1.54) is 21.9 Å². The van der Waals surface area contributed by atoms with Gasteiger partial charge in [0.15, 0.2) is 0 Å². The highest BCUT2D eigenvalue weighted by Gasteiger charge is 2.13. The normalized spacial score (nSPS) is 11.8. The summed E-state index contributed by atoms with van der Waals surface area (Å²) in [6.07, 6.45) is 0. The third kappa shape index (κ3) is 2.46. The maximum absolute atomic E-state index is 3.50. The van der Waals surface area contributed by atoms with Crippen LogP contribution in [-0.2, 0) is 5.41 Å². The van der Waals surface area contributed by atoms with Crippen LogP contribution in [-0.4, -0.2) is 0 Å². The van der Waals surface area contributed by atoms with Crippen LogP contribution in [0.3, 0.4) is 0 Å². The average molecular weight is 259 g/mol. The van der Waals surface area contributed by atoms with Gasteiger partial charge in [-0.15, -0.1) is 0 Å². The molecule has 0 heterocycles. The Kier molecular flexibility index (Phi) is 3.10. The average Bonchev–Trinajstić information content (AvgIpc) is 2.46. The van der Waals surface area contributed by atoms with Gasteiger partial charge in [0.1, 0.15) is 0 Å². The molecule has 0 aliphatic carbocycles. The van der Waals surface area contributed by atoms with E-state index in [0.717, 1.165) is 5.56 Å². The summed E-state index contributed by atoms with van der Waals surface area (Å²) in [6.45, 7) is 6.72. The van der Waals surface area contributed by atoms with Gasteiger partial charge in [-0.1, -0.05) is 81.4 Å². The molecule has 0 aliphatic heterocycles. The second kappa shape index (κ2) is 4.79. The maximum Gasteiger partial charge on any atom is -0.00143 e. The van der Waals surface area contributed by atoms with E-state index >= 15 is 0 Å². The monoisotopic (exact) mass is 259 g/mol. The van der Waals surface area contributed by atoms with Crippen LogP contribution in [0.5, 0.6) is 0 Å². The quantitative estimate of drug-likeness (QED) is 0.533. The van der Waals surface area contributed by atoms with Crippen molar-refractivity contribution in [3.63, 3.8) is 0 Å². The Bertz CT molecular complexity index is 728.